The van der Waals surface area contributed by atoms with Gasteiger partial charge in [-0.05, 0) is 30.1 Å². The van der Waals surface area contributed by atoms with Crippen LogP contribution in [0.2, 0.25) is 13.1 Å². The first kappa shape index (κ1) is 14.9. The molecule has 1 radical (unpaired) electrons. The van der Waals surface area contributed by atoms with Crippen LogP contribution in [0, 0.1) is 5.41 Å². The van der Waals surface area contributed by atoms with Gasteiger partial charge in [0.05, 0.1) is 11.7 Å². The summed E-state index contributed by atoms with van der Waals surface area (Å²) in [5.74, 6) is -0.899. The number of hydrogen-bond donors (Lipinski definition) is 1. The second-order valence-corrected chi connectivity index (χ2v) is 7.72. The zero-order valence-corrected chi connectivity index (χ0v) is 12.7. The second-order valence-electron chi connectivity index (χ2n) is 5.66. The highest BCUT2D eigenvalue weighted by Crippen LogP contribution is 2.38. The Morgan fingerprint density at radius 3 is 2.28 bits per heavy atom. The van der Waals surface area contributed by atoms with Gasteiger partial charge in [-0.3, -0.25) is 0 Å². The second kappa shape index (κ2) is 5.67. The fourth-order valence-electron chi connectivity index (χ4n) is 1.86. The number of benzene rings is 1. The number of carboxylic acid groups (broad SMARTS) is 1. The van der Waals surface area contributed by atoms with Crippen molar-refractivity contribution >= 4 is 15.0 Å². The molecular weight excluding hydrogens is 244 g/mol. The Hall–Kier alpha value is -1.13. The molecule has 99 valence electrons. The van der Waals surface area contributed by atoms with Crippen LogP contribution in [0.15, 0.2) is 24.3 Å². The van der Waals surface area contributed by atoms with Crippen LogP contribution in [0.5, 0.6) is 0 Å². The molecule has 0 bridgehead atoms. The molecule has 1 rings (SSSR count). The molecule has 0 heterocycles. The number of hydrogen-bond acceptors (Lipinski definition) is 2. The van der Waals surface area contributed by atoms with E-state index in [-0.39, 0.29) is 11.5 Å². The summed E-state index contributed by atoms with van der Waals surface area (Å²) in [6, 6.07) is 7.10. The summed E-state index contributed by atoms with van der Waals surface area (Å²) >= 11 is 0. The maximum Gasteiger partial charge on any atom is 0.336 e. The van der Waals surface area contributed by atoms with Gasteiger partial charge in [-0.2, -0.15) is 0 Å². The van der Waals surface area contributed by atoms with Crippen LogP contribution in [0.3, 0.4) is 0 Å². The number of aromatic carboxylic acids is 1. The predicted molar refractivity (Wildman–Crippen MR) is 74.2 cm³/mol. The van der Waals surface area contributed by atoms with Crippen LogP contribution in [0.4, 0.5) is 0 Å². The Labute approximate surface area is 111 Å². The van der Waals surface area contributed by atoms with Crippen LogP contribution in [-0.2, 0) is 4.43 Å². The van der Waals surface area contributed by atoms with Crippen molar-refractivity contribution < 1.29 is 14.3 Å². The predicted octanol–water partition coefficient (Wildman–Crippen LogP) is 3.74. The lowest BCUT2D eigenvalue weighted by molar-refractivity contribution is 0.0661. The van der Waals surface area contributed by atoms with E-state index in [1.807, 2.05) is 12.1 Å². The van der Waals surface area contributed by atoms with Gasteiger partial charge in [0.2, 0.25) is 9.04 Å². The van der Waals surface area contributed by atoms with Crippen molar-refractivity contribution in [1.29, 1.82) is 0 Å². The van der Waals surface area contributed by atoms with E-state index in [1.54, 1.807) is 12.1 Å². The molecule has 0 aliphatic carbocycles. The maximum atomic E-state index is 11.3. The average Bonchev–Trinajstić information content (AvgIpc) is 2.24. The normalized spacial score (nSPS) is 13.7. The van der Waals surface area contributed by atoms with Gasteiger partial charge in [0.1, 0.15) is 0 Å². The SMILES string of the molecule is C[Si](C)OC(c1ccccc1C(=O)O)C(C)(C)C. The lowest BCUT2D eigenvalue weighted by Crippen LogP contribution is -2.27. The van der Waals surface area contributed by atoms with E-state index in [4.69, 9.17) is 4.43 Å². The number of rotatable bonds is 4. The molecule has 3 nitrogen and oxygen atoms in total. The zero-order chi connectivity index (χ0) is 13.9. The summed E-state index contributed by atoms with van der Waals surface area (Å²) in [4.78, 5) is 11.3. The third-order valence-electron chi connectivity index (χ3n) is 2.61. The van der Waals surface area contributed by atoms with Gasteiger partial charge in [0.15, 0.2) is 0 Å². The van der Waals surface area contributed by atoms with Crippen molar-refractivity contribution in [2.75, 3.05) is 0 Å². The fraction of sp³-hybridized carbons (Fsp3) is 0.500. The van der Waals surface area contributed by atoms with Gasteiger partial charge >= 0.3 is 5.97 Å². The molecule has 1 aromatic carbocycles. The summed E-state index contributed by atoms with van der Waals surface area (Å²) in [5.41, 5.74) is 0.970. The number of carboxylic acids is 1. The Kier molecular flexibility index (Phi) is 4.70. The highest BCUT2D eigenvalue weighted by Gasteiger charge is 2.31. The van der Waals surface area contributed by atoms with Crippen molar-refractivity contribution in [3.8, 4) is 0 Å². The Balaban J connectivity index is 3.25. The van der Waals surface area contributed by atoms with Crippen LogP contribution in [-0.4, -0.2) is 20.1 Å². The Morgan fingerprint density at radius 1 is 1.28 bits per heavy atom. The van der Waals surface area contributed by atoms with Crippen molar-refractivity contribution in [2.24, 2.45) is 5.41 Å². The molecule has 0 saturated carbocycles. The zero-order valence-electron chi connectivity index (χ0n) is 11.7. The smallest absolute Gasteiger partial charge is 0.336 e. The molecule has 1 unspecified atom stereocenters. The third kappa shape index (κ3) is 3.68. The van der Waals surface area contributed by atoms with Crippen LogP contribution in [0.25, 0.3) is 0 Å². The van der Waals surface area contributed by atoms with Gasteiger partial charge in [-0.15, -0.1) is 0 Å². The molecule has 18 heavy (non-hydrogen) atoms. The van der Waals surface area contributed by atoms with E-state index in [0.29, 0.717) is 5.56 Å². The first-order chi connectivity index (χ1) is 8.23. The van der Waals surface area contributed by atoms with E-state index >= 15 is 0 Å². The van der Waals surface area contributed by atoms with Gasteiger partial charge in [-0.25, -0.2) is 4.79 Å². The van der Waals surface area contributed by atoms with E-state index < -0.39 is 15.0 Å². The molecule has 1 N–H and O–H groups in total. The van der Waals surface area contributed by atoms with Crippen LogP contribution in [0.1, 0.15) is 42.8 Å². The van der Waals surface area contributed by atoms with Crippen molar-refractivity contribution in [3.05, 3.63) is 35.4 Å². The van der Waals surface area contributed by atoms with Gasteiger partial charge < -0.3 is 9.53 Å². The minimum atomic E-state index is -0.899. The highest BCUT2D eigenvalue weighted by atomic mass is 28.3. The lowest BCUT2D eigenvalue weighted by Gasteiger charge is -2.33. The molecule has 0 saturated heterocycles. The van der Waals surface area contributed by atoms with Crippen molar-refractivity contribution in [1.82, 2.24) is 0 Å². The van der Waals surface area contributed by atoms with E-state index in [2.05, 4.69) is 33.9 Å². The standard InChI is InChI=1S/C14H21O3Si/c1-14(2,3)12(17-18(4)5)10-8-6-7-9-11(10)13(15)16/h6-9,12H,1-5H3,(H,15,16). The largest absolute Gasteiger partial charge is 0.478 e. The summed E-state index contributed by atoms with van der Waals surface area (Å²) in [5, 5.41) is 9.27. The van der Waals surface area contributed by atoms with Crippen LogP contribution < -0.4 is 0 Å². The Bertz CT molecular complexity index is 421. The number of carbonyl (C=O) groups is 1. The minimum absolute atomic E-state index is 0.131. The molecular formula is C14H21O3Si. The molecule has 1 aromatic rings. The molecule has 0 aromatic heterocycles. The van der Waals surface area contributed by atoms with E-state index in [1.165, 1.54) is 0 Å². The summed E-state index contributed by atoms with van der Waals surface area (Å²) < 4.78 is 6.03. The highest BCUT2D eigenvalue weighted by molar-refractivity contribution is 6.48. The Morgan fingerprint density at radius 2 is 1.83 bits per heavy atom. The lowest BCUT2D eigenvalue weighted by atomic mass is 9.83. The maximum absolute atomic E-state index is 11.3. The van der Waals surface area contributed by atoms with E-state index in [0.717, 1.165) is 5.56 Å². The molecule has 4 heteroatoms. The fourth-order valence-corrected chi connectivity index (χ4v) is 2.81. The summed E-state index contributed by atoms with van der Waals surface area (Å²) in [7, 11) is -0.898. The summed E-state index contributed by atoms with van der Waals surface area (Å²) in [6.07, 6.45) is -0.186. The van der Waals surface area contributed by atoms with E-state index in [9.17, 15) is 9.90 Å². The third-order valence-corrected chi connectivity index (χ3v) is 3.32. The first-order valence-corrected chi connectivity index (χ1v) is 8.43. The molecule has 1 atom stereocenters. The van der Waals surface area contributed by atoms with Gasteiger partial charge in [0.25, 0.3) is 0 Å². The quantitative estimate of drug-likeness (QED) is 0.844. The average molecular weight is 265 g/mol. The van der Waals surface area contributed by atoms with Crippen molar-refractivity contribution in [3.63, 3.8) is 0 Å². The molecule has 0 aliphatic heterocycles. The first-order valence-electron chi connectivity index (χ1n) is 6.02. The molecule has 0 aliphatic rings. The van der Waals surface area contributed by atoms with Crippen molar-refractivity contribution in [2.45, 2.75) is 40.0 Å². The van der Waals surface area contributed by atoms with Gasteiger partial charge in [-0.1, -0.05) is 39.0 Å². The monoisotopic (exact) mass is 265 g/mol. The topological polar surface area (TPSA) is 46.5 Å². The summed E-state index contributed by atoms with van der Waals surface area (Å²) in [6.45, 7) is 10.3. The molecule has 0 fully saturated rings. The molecule has 0 amide bonds. The molecule has 0 spiro atoms. The minimum Gasteiger partial charge on any atom is -0.478 e. The van der Waals surface area contributed by atoms with Crippen LogP contribution >= 0.6 is 0 Å². The van der Waals surface area contributed by atoms with Gasteiger partial charge in [0, 0.05) is 0 Å².